The largest absolute Gasteiger partial charge is 0.478 e. The standard InChI is InChI=1S/C20H19N3O5/c1-12-5-7-13(8-6-12)21-18-14(20(27)28)3-2-4-15(18)22-16-11-17(25)23(9-10-24)19(16)26/h2-8,11,21-22,24H,9-10H2,1H3,(H,27,28). The van der Waals surface area contributed by atoms with E-state index in [2.05, 4.69) is 10.6 Å². The molecule has 2 amide bonds. The minimum atomic E-state index is -1.14. The maximum atomic E-state index is 12.4. The Balaban J connectivity index is 1.95. The lowest BCUT2D eigenvalue weighted by atomic mass is 10.1. The van der Waals surface area contributed by atoms with Gasteiger partial charge in [0.15, 0.2) is 0 Å². The van der Waals surface area contributed by atoms with Crippen molar-refractivity contribution in [2.24, 2.45) is 0 Å². The molecule has 2 aromatic carbocycles. The van der Waals surface area contributed by atoms with E-state index in [0.29, 0.717) is 11.4 Å². The number of rotatable bonds is 7. The van der Waals surface area contributed by atoms with Crippen molar-refractivity contribution in [3.05, 3.63) is 65.4 Å². The van der Waals surface area contributed by atoms with E-state index >= 15 is 0 Å². The molecule has 0 bridgehead atoms. The fourth-order valence-electron chi connectivity index (χ4n) is 2.81. The van der Waals surface area contributed by atoms with Gasteiger partial charge < -0.3 is 20.8 Å². The van der Waals surface area contributed by atoms with Crippen molar-refractivity contribution in [3.8, 4) is 0 Å². The van der Waals surface area contributed by atoms with Crippen LogP contribution in [0.15, 0.2) is 54.2 Å². The molecular formula is C20H19N3O5. The molecule has 0 aliphatic carbocycles. The molecule has 0 fully saturated rings. The number of anilines is 3. The van der Waals surface area contributed by atoms with Crippen LogP contribution < -0.4 is 10.6 Å². The average Bonchev–Trinajstić information content (AvgIpc) is 2.92. The van der Waals surface area contributed by atoms with Crippen LogP contribution in [0.4, 0.5) is 17.1 Å². The van der Waals surface area contributed by atoms with Crippen LogP contribution in [-0.4, -0.2) is 46.0 Å². The van der Waals surface area contributed by atoms with Gasteiger partial charge >= 0.3 is 5.97 Å². The summed E-state index contributed by atoms with van der Waals surface area (Å²) in [4.78, 5) is 36.9. The second-order valence-corrected chi connectivity index (χ2v) is 6.23. The number of carboxylic acid groups (broad SMARTS) is 1. The molecule has 144 valence electrons. The lowest BCUT2D eigenvalue weighted by molar-refractivity contribution is -0.137. The molecule has 0 aromatic heterocycles. The van der Waals surface area contributed by atoms with E-state index < -0.39 is 17.8 Å². The number of carbonyl (C=O) groups excluding carboxylic acids is 2. The molecule has 0 unspecified atom stereocenters. The molecule has 1 aliphatic rings. The van der Waals surface area contributed by atoms with Crippen molar-refractivity contribution in [1.29, 1.82) is 0 Å². The van der Waals surface area contributed by atoms with Crippen LogP contribution in [0.2, 0.25) is 0 Å². The predicted octanol–water partition coefficient (Wildman–Crippen LogP) is 2.09. The Kier molecular flexibility index (Phi) is 5.42. The fourth-order valence-corrected chi connectivity index (χ4v) is 2.81. The van der Waals surface area contributed by atoms with Crippen LogP contribution in [0.25, 0.3) is 0 Å². The third-order valence-corrected chi connectivity index (χ3v) is 4.22. The maximum absolute atomic E-state index is 12.4. The van der Waals surface area contributed by atoms with Gasteiger partial charge in [0.05, 0.1) is 30.1 Å². The van der Waals surface area contributed by atoms with Gasteiger partial charge in [-0.05, 0) is 31.2 Å². The van der Waals surface area contributed by atoms with E-state index in [9.17, 15) is 19.5 Å². The van der Waals surface area contributed by atoms with Gasteiger partial charge in [-0.1, -0.05) is 23.8 Å². The molecule has 0 saturated carbocycles. The number of hydrogen-bond donors (Lipinski definition) is 4. The predicted molar refractivity (Wildman–Crippen MR) is 103 cm³/mol. The number of aliphatic hydroxyl groups excluding tert-OH is 1. The zero-order valence-corrected chi connectivity index (χ0v) is 15.1. The summed E-state index contributed by atoms with van der Waals surface area (Å²) in [7, 11) is 0. The summed E-state index contributed by atoms with van der Waals surface area (Å²) in [5, 5.41) is 24.5. The van der Waals surface area contributed by atoms with E-state index in [1.807, 2.05) is 31.2 Å². The van der Waals surface area contributed by atoms with Crippen molar-refractivity contribution in [2.75, 3.05) is 23.8 Å². The molecule has 0 radical (unpaired) electrons. The number of aromatic carboxylic acids is 1. The van der Waals surface area contributed by atoms with Crippen molar-refractivity contribution in [1.82, 2.24) is 4.90 Å². The zero-order chi connectivity index (χ0) is 20.3. The fraction of sp³-hybridized carbons (Fsp3) is 0.150. The number of carboxylic acids is 1. The van der Waals surface area contributed by atoms with Gasteiger partial charge in [-0.25, -0.2) is 4.79 Å². The first-order valence-electron chi connectivity index (χ1n) is 8.56. The number of hydrogen-bond acceptors (Lipinski definition) is 6. The Bertz CT molecular complexity index is 966. The van der Waals surface area contributed by atoms with Crippen LogP contribution in [0.3, 0.4) is 0 Å². The van der Waals surface area contributed by atoms with Gasteiger partial charge in [-0.15, -0.1) is 0 Å². The van der Waals surface area contributed by atoms with Gasteiger partial charge in [0.25, 0.3) is 11.8 Å². The SMILES string of the molecule is Cc1ccc(Nc2c(NC3=CC(=O)N(CCO)C3=O)cccc2C(=O)O)cc1. The lowest BCUT2D eigenvalue weighted by Crippen LogP contribution is -2.34. The van der Waals surface area contributed by atoms with Crippen molar-refractivity contribution < 1.29 is 24.6 Å². The van der Waals surface area contributed by atoms with E-state index in [4.69, 9.17) is 5.11 Å². The highest BCUT2D eigenvalue weighted by atomic mass is 16.4. The third-order valence-electron chi connectivity index (χ3n) is 4.22. The minimum absolute atomic E-state index is 0.00736. The highest BCUT2D eigenvalue weighted by molar-refractivity contribution is 6.18. The summed E-state index contributed by atoms with van der Waals surface area (Å²) in [5.41, 5.74) is 2.34. The van der Waals surface area contributed by atoms with Crippen molar-refractivity contribution >= 4 is 34.8 Å². The highest BCUT2D eigenvalue weighted by Gasteiger charge is 2.31. The molecule has 8 nitrogen and oxygen atoms in total. The van der Waals surface area contributed by atoms with Gasteiger partial charge in [0, 0.05) is 11.8 Å². The second kappa shape index (κ2) is 7.93. The van der Waals surface area contributed by atoms with Crippen molar-refractivity contribution in [3.63, 3.8) is 0 Å². The molecule has 4 N–H and O–H groups in total. The smallest absolute Gasteiger partial charge is 0.337 e. The summed E-state index contributed by atoms with van der Waals surface area (Å²) >= 11 is 0. The lowest BCUT2D eigenvalue weighted by Gasteiger charge is -2.17. The third kappa shape index (κ3) is 3.86. The molecule has 28 heavy (non-hydrogen) atoms. The van der Waals surface area contributed by atoms with Crippen LogP contribution in [0, 0.1) is 6.92 Å². The Labute approximate surface area is 161 Å². The van der Waals surface area contributed by atoms with Crippen LogP contribution >= 0.6 is 0 Å². The van der Waals surface area contributed by atoms with E-state index in [0.717, 1.165) is 16.5 Å². The van der Waals surface area contributed by atoms with Crippen LogP contribution in [-0.2, 0) is 9.59 Å². The number of imide groups is 1. The van der Waals surface area contributed by atoms with Crippen molar-refractivity contribution in [2.45, 2.75) is 6.92 Å². The summed E-state index contributed by atoms with van der Waals surface area (Å²) in [6, 6.07) is 12.0. The van der Waals surface area contributed by atoms with E-state index in [1.54, 1.807) is 12.1 Å². The minimum Gasteiger partial charge on any atom is -0.478 e. The average molecular weight is 381 g/mol. The molecule has 2 aromatic rings. The number of β-amino-alcohol motifs (C(OH)–C–C–N with tert-alkyl or cyclic N) is 1. The van der Waals surface area contributed by atoms with Gasteiger partial charge in [-0.3, -0.25) is 14.5 Å². The quantitative estimate of drug-likeness (QED) is 0.542. The van der Waals surface area contributed by atoms with E-state index in [-0.39, 0.29) is 30.1 Å². The number of nitrogens with one attached hydrogen (secondary N) is 2. The maximum Gasteiger partial charge on any atom is 0.337 e. The number of benzene rings is 2. The summed E-state index contributed by atoms with van der Waals surface area (Å²) in [5.74, 6) is -2.26. The molecule has 0 spiro atoms. The number of aliphatic hydroxyl groups is 1. The monoisotopic (exact) mass is 381 g/mol. The molecule has 8 heteroatoms. The van der Waals surface area contributed by atoms with Crippen LogP contribution in [0.5, 0.6) is 0 Å². The number of nitrogens with zero attached hydrogens (tertiary/aromatic N) is 1. The normalized spacial score (nSPS) is 13.5. The van der Waals surface area contributed by atoms with Gasteiger partial charge in [-0.2, -0.15) is 0 Å². The molecule has 3 rings (SSSR count). The summed E-state index contributed by atoms with van der Waals surface area (Å²) < 4.78 is 0. The molecular weight excluding hydrogens is 362 g/mol. The van der Waals surface area contributed by atoms with Crippen LogP contribution in [0.1, 0.15) is 15.9 Å². The number of aryl methyl sites for hydroxylation is 1. The summed E-state index contributed by atoms with van der Waals surface area (Å²) in [6.07, 6.45) is 1.13. The first kappa shape index (κ1) is 19.1. The Morgan fingerprint density at radius 1 is 1.07 bits per heavy atom. The molecule has 0 atom stereocenters. The second-order valence-electron chi connectivity index (χ2n) is 6.23. The number of carbonyl (C=O) groups is 3. The summed E-state index contributed by atoms with van der Waals surface area (Å²) in [6.45, 7) is 1.49. The van der Waals surface area contributed by atoms with Gasteiger partial charge in [0.1, 0.15) is 5.70 Å². The molecule has 1 heterocycles. The molecule has 0 saturated heterocycles. The Morgan fingerprint density at radius 3 is 2.43 bits per heavy atom. The highest BCUT2D eigenvalue weighted by Crippen LogP contribution is 2.31. The number of para-hydroxylation sites is 1. The first-order valence-corrected chi connectivity index (χ1v) is 8.56. The Morgan fingerprint density at radius 2 is 1.79 bits per heavy atom. The zero-order valence-electron chi connectivity index (χ0n) is 15.1. The number of amides is 2. The first-order chi connectivity index (χ1) is 13.4. The van der Waals surface area contributed by atoms with E-state index in [1.165, 1.54) is 6.07 Å². The topological polar surface area (TPSA) is 119 Å². The Hall–Kier alpha value is -3.65. The van der Waals surface area contributed by atoms with Gasteiger partial charge in [0.2, 0.25) is 0 Å². The molecule has 1 aliphatic heterocycles.